The Balaban J connectivity index is 1.72. The lowest BCUT2D eigenvalue weighted by molar-refractivity contribution is -0.132. The van der Waals surface area contributed by atoms with Crippen LogP contribution in [0.3, 0.4) is 0 Å². The van der Waals surface area contributed by atoms with E-state index in [1.54, 1.807) is 4.90 Å². The van der Waals surface area contributed by atoms with Gasteiger partial charge >= 0.3 is 0 Å². The van der Waals surface area contributed by atoms with E-state index >= 15 is 0 Å². The molecule has 2 amide bonds. The highest BCUT2D eigenvalue weighted by atomic mass is 16.2. The number of fused-ring (bicyclic) bond motifs is 1. The van der Waals surface area contributed by atoms with Gasteiger partial charge in [-0.15, -0.1) is 0 Å². The molecule has 0 bridgehead atoms. The van der Waals surface area contributed by atoms with Crippen molar-refractivity contribution < 1.29 is 9.59 Å². The number of nitrogens with one attached hydrogen (secondary N) is 1. The fourth-order valence-electron chi connectivity index (χ4n) is 2.93. The number of likely N-dealkylation sites (tertiary alicyclic amines) is 1. The Morgan fingerprint density at radius 2 is 2.00 bits per heavy atom. The maximum Gasteiger partial charge on any atom is 0.246 e. The fourth-order valence-corrected chi connectivity index (χ4v) is 2.93. The second-order valence-corrected chi connectivity index (χ2v) is 5.91. The summed E-state index contributed by atoms with van der Waals surface area (Å²) in [6.45, 7) is 4.23. The van der Waals surface area contributed by atoms with Crippen molar-refractivity contribution in [3.8, 4) is 0 Å². The van der Waals surface area contributed by atoms with Crippen LogP contribution < -0.4 is 10.2 Å². The summed E-state index contributed by atoms with van der Waals surface area (Å²) in [6, 6.07) is 7.62. The Morgan fingerprint density at radius 3 is 2.76 bits per heavy atom. The van der Waals surface area contributed by atoms with E-state index in [2.05, 4.69) is 12.2 Å². The van der Waals surface area contributed by atoms with Crippen LogP contribution in [0.5, 0.6) is 0 Å². The van der Waals surface area contributed by atoms with E-state index in [-0.39, 0.29) is 24.9 Å². The molecule has 0 aliphatic carbocycles. The van der Waals surface area contributed by atoms with Gasteiger partial charge in [-0.3, -0.25) is 14.5 Å². The molecule has 0 radical (unpaired) electrons. The van der Waals surface area contributed by atoms with Crippen molar-refractivity contribution in [3.63, 3.8) is 0 Å². The third kappa shape index (κ3) is 2.86. The van der Waals surface area contributed by atoms with Crippen molar-refractivity contribution >= 4 is 23.2 Å². The zero-order chi connectivity index (χ0) is 14.8. The number of carbonyl (C=O) groups is 2. The second kappa shape index (κ2) is 5.76. The van der Waals surface area contributed by atoms with Crippen molar-refractivity contribution in [2.75, 3.05) is 36.4 Å². The quantitative estimate of drug-likeness (QED) is 0.901. The maximum absolute atomic E-state index is 12.4. The zero-order valence-electron chi connectivity index (χ0n) is 12.3. The van der Waals surface area contributed by atoms with Gasteiger partial charge in [0.25, 0.3) is 0 Å². The summed E-state index contributed by atoms with van der Waals surface area (Å²) in [5, 5.41) is 3.08. The first kappa shape index (κ1) is 13.9. The van der Waals surface area contributed by atoms with Gasteiger partial charge in [-0.2, -0.15) is 0 Å². The van der Waals surface area contributed by atoms with E-state index in [9.17, 15) is 9.59 Å². The summed E-state index contributed by atoms with van der Waals surface area (Å²) >= 11 is 0. The molecule has 2 heterocycles. The average Bonchev–Trinajstić information content (AvgIpc) is 2.51. The maximum atomic E-state index is 12.4. The minimum atomic E-state index is -0.0487. The fraction of sp³-hybridized carbons (Fsp3) is 0.500. The molecule has 1 N–H and O–H groups in total. The first-order chi connectivity index (χ1) is 10.1. The lowest BCUT2D eigenvalue weighted by Gasteiger charge is -2.34. The van der Waals surface area contributed by atoms with E-state index in [1.165, 1.54) is 0 Å². The van der Waals surface area contributed by atoms with Gasteiger partial charge in [0, 0.05) is 13.1 Å². The van der Waals surface area contributed by atoms with E-state index in [1.807, 2.05) is 29.2 Å². The molecule has 1 saturated heterocycles. The van der Waals surface area contributed by atoms with E-state index in [0.717, 1.165) is 37.3 Å². The second-order valence-electron chi connectivity index (χ2n) is 5.91. The summed E-state index contributed by atoms with van der Waals surface area (Å²) in [5.41, 5.74) is 1.71. The van der Waals surface area contributed by atoms with Gasteiger partial charge in [0.1, 0.15) is 6.54 Å². The Labute approximate surface area is 124 Å². The lowest BCUT2D eigenvalue weighted by atomic mass is 9.99. The summed E-state index contributed by atoms with van der Waals surface area (Å²) in [5.74, 6) is 0.690. The van der Waals surface area contributed by atoms with E-state index < -0.39 is 0 Å². The number of hydrogen-bond acceptors (Lipinski definition) is 3. The van der Waals surface area contributed by atoms with Crippen LogP contribution in [0.2, 0.25) is 0 Å². The van der Waals surface area contributed by atoms with Crippen LogP contribution in [0.15, 0.2) is 24.3 Å². The van der Waals surface area contributed by atoms with Crippen molar-refractivity contribution in [1.29, 1.82) is 0 Å². The average molecular weight is 287 g/mol. The molecule has 5 heteroatoms. The Morgan fingerprint density at radius 1 is 1.29 bits per heavy atom. The van der Waals surface area contributed by atoms with Crippen LogP contribution in [-0.4, -0.2) is 42.9 Å². The lowest BCUT2D eigenvalue weighted by Crippen LogP contribution is -2.48. The minimum Gasteiger partial charge on any atom is -0.374 e. The van der Waals surface area contributed by atoms with Crippen LogP contribution in [0.1, 0.15) is 19.8 Å². The summed E-state index contributed by atoms with van der Waals surface area (Å²) in [7, 11) is 0. The summed E-state index contributed by atoms with van der Waals surface area (Å²) in [6.07, 6.45) is 2.11. The van der Waals surface area contributed by atoms with Crippen molar-refractivity contribution in [2.24, 2.45) is 5.92 Å². The van der Waals surface area contributed by atoms with Crippen LogP contribution in [0.25, 0.3) is 0 Å². The van der Waals surface area contributed by atoms with Crippen LogP contribution in [0, 0.1) is 5.92 Å². The van der Waals surface area contributed by atoms with Crippen molar-refractivity contribution in [3.05, 3.63) is 24.3 Å². The number of amides is 2. The van der Waals surface area contributed by atoms with Crippen molar-refractivity contribution in [1.82, 2.24) is 4.90 Å². The smallest absolute Gasteiger partial charge is 0.246 e. The zero-order valence-corrected chi connectivity index (χ0v) is 12.3. The molecule has 2 aliphatic heterocycles. The highest BCUT2D eigenvalue weighted by Gasteiger charge is 2.28. The molecule has 112 valence electrons. The number of hydrogen-bond donors (Lipinski definition) is 1. The van der Waals surface area contributed by atoms with Gasteiger partial charge in [-0.25, -0.2) is 0 Å². The van der Waals surface area contributed by atoms with Gasteiger partial charge < -0.3 is 10.2 Å². The Bertz CT molecular complexity index is 550. The summed E-state index contributed by atoms with van der Waals surface area (Å²) < 4.78 is 0. The number of benzene rings is 1. The Hall–Kier alpha value is -2.04. The highest BCUT2D eigenvalue weighted by Crippen LogP contribution is 2.29. The van der Waals surface area contributed by atoms with Gasteiger partial charge in [-0.1, -0.05) is 19.1 Å². The van der Waals surface area contributed by atoms with Gasteiger partial charge in [0.2, 0.25) is 11.8 Å². The number of carbonyl (C=O) groups excluding carboxylic acids is 2. The third-order valence-corrected chi connectivity index (χ3v) is 4.36. The molecule has 0 saturated carbocycles. The number of anilines is 2. The first-order valence-electron chi connectivity index (χ1n) is 7.56. The van der Waals surface area contributed by atoms with Crippen LogP contribution in [0.4, 0.5) is 11.4 Å². The largest absolute Gasteiger partial charge is 0.374 e. The van der Waals surface area contributed by atoms with Gasteiger partial charge in [-0.05, 0) is 30.9 Å². The van der Waals surface area contributed by atoms with E-state index in [0.29, 0.717) is 5.92 Å². The van der Waals surface area contributed by atoms with Gasteiger partial charge in [0.05, 0.1) is 17.9 Å². The summed E-state index contributed by atoms with van der Waals surface area (Å²) in [4.78, 5) is 28.1. The molecule has 1 fully saturated rings. The molecular weight excluding hydrogens is 266 g/mol. The molecular formula is C16H21N3O2. The first-order valence-corrected chi connectivity index (χ1v) is 7.56. The van der Waals surface area contributed by atoms with Crippen LogP contribution in [-0.2, 0) is 9.59 Å². The molecule has 3 rings (SSSR count). The SMILES string of the molecule is CC1CCN(C(=O)CN2C(=O)CNc3ccccc32)CC1. The molecule has 5 nitrogen and oxygen atoms in total. The molecule has 0 atom stereocenters. The van der Waals surface area contributed by atoms with E-state index in [4.69, 9.17) is 0 Å². The standard InChI is InChI=1S/C16H21N3O2/c1-12-6-8-18(9-7-12)16(21)11-19-14-5-3-2-4-13(14)17-10-15(19)20/h2-5,12,17H,6-11H2,1H3. The topological polar surface area (TPSA) is 52.7 Å². The number of nitrogens with zero attached hydrogens (tertiary/aromatic N) is 2. The number of piperidine rings is 1. The normalized spacial score (nSPS) is 19.2. The van der Waals surface area contributed by atoms with Gasteiger partial charge in [0.15, 0.2) is 0 Å². The molecule has 1 aromatic carbocycles. The number of rotatable bonds is 2. The minimum absolute atomic E-state index is 0.0481. The molecule has 1 aromatic rings. The monoisotopic (exact) mass is 287 g/mol. The molecule has 21 heavy (non-hydrogen) atoms. The molecule has 2 aliphatic rings. The number of para-hydroxylation sites is 2. The van der Waals surface area contributed by atoms with Crippen molar-refractivity contribution in [2.45, 2.75) is 19.8 Å². The highest BCUT2D eigenvalue weighted by molar-refractivity contribution is 6.05. The molecule has 0 aromatic heterocycles. The van der Waals surface area contributed by atoms with Crippen LogP contribution >= 0.6 is 0 Å². The molecule has 0 spiro atoms. The predicted molar refractivity (Wildman–Crippen MR) is 82.3 cm³/mol. The third-order valence-electron chi connectivity index (χ3n) is 4.36. The Kier molecular flexibility index (Phi) is 3.82. The predicted octanol–water partition coefficient (Wildman–Crippen LogP) is 1.70. The molecule has 0 unspecified atom stereocenters.